The van der Waals surface area contributed by atoms with Crippen molar-refractivity contribution in [1.29, 1.82) is 0 Å². The van der Waals surface area contributed by atoms with Crippen LogP contribution in [0.4, 0.5) is 0 Å². The van der Waals surface area contributed by atoms with E-state index in [2.05, 4.69) is 6.92 Å². The molecule has 0 bridgehead atoms. The van der Waals surface area contributed by atoms with E-state index in [0.29, 0.717) is 24.2 Å². The van der Waals surface area contributed by atoms with Gasteiger partial charge in [-0.1, -0.05) is 6.92 Å². The molecule has 16 heavy (non-hydrogen) atoms. The molecule has 1 rings (SSSR count). The summed E-state index contributed by atoms with van der Waals surface area (Å²) in [4.78, 5) is 22.0. The maximum atomic E-state index is 11.3. The predicted molar refractivity (Wildman–Crippen MR) is 61.5 cm³/mol. The van der Waals surface area contributed by atoms with Crippen molar-refractivity contribution in [2.24, 2.45) is 0 Å². The number of hydrogen-bond donors (Lipinski definition) is 0. The Hall–Kier alpha value is -1.64. The number of benzene rings is 1. The molecule has 1 aromatic carbocycles. The fourth-order valence-electron chi connectivity index (χ4n) is 1.37. The zero-order valence-electron chi connectivity index (χ0n) is 9.58. The topological polar surface area (TPSA) is 43.4 Å². The Labute approximate surface area is 95.4 Å². The van der Waals surface area contributed by atoms with E-state index < -0.39 is 0 Å². The van der Waals surface area contributed by atoms with Crippen molar-refractivity contribution in [3.8, 4) is 5.75 Å². The molecule has 0 aromatic heterocycles. The largest absolute Gasteiger partial charge is 0.426 e. The monoisotopic (exact) mass is 219 g/mol. The van der Waals surface area contributed by atoms with Crippen molar-refractivity contribution in [3.05, 3.63) is 35.7 Å². The number of hydrogen-bond acceptors (Lipinski definition) is 3. The molecule has 3 heteroatoms. The molecule has 0 atom stereocenters. The molecule has 0 N–H and O–H groups in total. The van der Waals surface area contributed by atoms with E-state index in [9.17, 15) is 9.59 Å². The summed E-state index contributed by atoms with van der Waals surface area (Å²) in [5.74, 6) is 0.220. The van der Waals surface area contributed by atoms with Gasteiger partial charge in [0.15, 0.2) is 0 Å². The summed E-state index contributed by atoms with van der Waals surface area (Å²) in [7, 11) is 0. The molecule has 85 valence electrons. The lowest BCUT2D eigenvalue weighted by atomic mass is 10.1. The molecular formula is C13H15O3. The van der Waals surface area contributed by atoms with Gasteiger partial charge in [0.25, 0.3) is 0 Å². The third-order valence-electron chi connectivity index (χ3n) is 2.30. The Kier molecular flexibility index (Phi) is 4.23. The van der Waals surface area contributed by atoms with E-state index in [4.69, 9.17) is 4.74 Å². The minimum atomic E-state index is -0.295. The number of carbonyl (C=O) groups is 2. The molecule has 0 aliphatic rings. The van der Waals surface area contributed by atoms with Gasteiger partial charge in [0.1, 0.15) is 12.0 Å². The average Bonchev–Trinajstić information content (AvgIpc) is 2.23. The first-order chi connectivity index (χ1) is 7.58. The molecular weight excluding hydrogens is 204 g/mol. The number of aryl methyl sites for hydroxylation is 2. The fourth-order valence-corrected chi connectivity index (χ4v) is 1.37. The number of rotatable bonds is 4. The highest BCUT2D eigenvalue weighted by Gasteiger charge is 2.08. The SMILES string of the molecule is [CH2]CCC(=O)Oc1cc(C)c(C=O)cc1C. The second kappa shape index (κ2) is 5.45. The van der Waals surface area contributed by atoms with Crippen LogP contribution in [-0.2, 0) is 4.79 Å². The first kappa shape index (κ1) is 12.4. The Morgan fingerprint density at radius 3 is 2.62 bits per heavy atom. The molecule has 0 aliphatic carbocycles. The van der Waals surface area contributed by atoms with Gasteiger partial charge >= 0.3 is 5.97 Å². The molecule has 0 saturated heterocycles. The van der Waals surface area contributed by atoms with E-state index in [-0.39, 0.29) is 5.97 Å². The van der Waals surface area contributed by atoms with Crippen LogP contribution >= 0.6 is 0 Å². The summed E-state index contributed by atoms with van der Waals surface area (Å²) in [5, 5.41) is 0. The van der Waals surface area contributed by atoms with Gasteiger partial charge in [0, 0.05) is 12.0 Å². The summed E-state index contributed by atoms with van der Waals surface area (Å²) in [6.07, 6.45) is 1.61. The highest BCUT2D eigenvalue weighted by molar-refractivity contribution is 5.79. The van der Waals surface area contributed by atoms with Crippen LogP contribution in [-0.4, -0.2) is 12.3 Å². The van der Waals surface area contributed by atoms with Gasteiger partial charge in [-0.15, -0.1) is 0 Å². The maximum Gasteiger partial charge on any atom is 0.311 e. The summed E-state index contributed by atoms with van der Waals surface area (Å²) >= 11 is 0. The molecule has 0 amide bonds. The van der Waals surface area contributed by atoms with Crippen LogP contribution in [0.25, 0.3) is 0 Å². The van der Waals surface area contributed by atoms with Gasteiger partial charge in [-0.05, 0) is 43.5 Å². The zero-order valence-corrected chi connectivity index (χ0v) is 9.58. The average molecular weight is 219 g/mol. The zero-order chi connectivity index (χ0) is 12.1. The molecule has 0 saturated carbocycles. The molecule has 0 aliphatic heterocycles. The molecule has 1 radical (unpaired) electrons. The Morgan fingerprint density at radius 2 is 2.06 bits per heavy atom. The minimum Gasteiger partial charge on any atom is -0.426 e. The van der Waals surface area contributed by atoms with Crippen LogP contribution in [0.1, 0.15) is 34.3 Å². The van der Waals surface area contributed by atoms with E-state index in [1.807, 2.05) is 6.92 Å². The maximum absolute atomic E-state index is 11.3. The summed E-state index contributed by atoms with van der Waals surface area (Å²) < 4.78 is 5.17. The van der Waals surface area contributed by atoms with Gasteiger partial charge in [0.05, 0.1) is 0 Å². The van der Waals surface area contributed by atoms with E-state index >= 15 is 0 Å². The lowest BCUT2D eigenvalue weighted by molar-refractivity contribution is -0.134. The highest BCUT2D eigenvalue weighted by Crippen LogP contribution is 2.22. The summed E-state index contributed by atoms with van der Waals surface area (Å²) in [5.41, 5.74) is 2.21. The number of aldehydes is 1. The second-order valence-electron chi connectivity index (χ2n) is 3.67. The molecule has 0 fully saturated rings. The number of ether oxygens (including phenoxy) is 1. The van der Waals surface area contributed by atoms with Crippen LogP contribution in [0.3, 0.4) is 0 Å². The van der Waals surface area contributed by atoms with E-state index in [1.165, 1.54) is 0 Å². The second-order valence-corrected chi connectivity index (χ2v) is 3.67. The quantitative estimate of drug-likeness (QED) is 0.444. The van der Waals surface area contributed by atoms with Crippen molar-refractivity contribution in [3.63, 3.8) is 0 Å². The normalized spacial score (nSPS) is 9.94. The van der Waals surface area contributed by atoms with Crippen LogP contribution in [0.15, 0.2) is 12.1 Å². The van der Waals surface area contributed by atoms with Crippen molar-refractivity contribution < 1.29 is 14.3 Å². The van der Waals surface area contributed by atoms with Crippen molar-refractivity contribution in [1.82, 2.24) is 0 Å². The molecule has 1 aromatic rings. The smallest absolute Gasteiger partial charge is 0.311 e. The van der Waals surface area contributed by atoms with Crippen LogP contribution in [0.2, 0.25) is 0 Å². The van der Waals surface area contributed by atoms with Gasteiger partial charge < -0.3 is 4.74 Å². The highest BCUT2D eigenvalue weighted by atomic mass is 16.5. The summed E-state index contributed by atoms with van der Waals surface area (Å²) in [6.45, 7) is 7.20. The lowest BCUT2D eigenvalue weighted by Crippen LogP contribution is -2.08. The fraction of sp³-hybridized carbons (Fsp3) is 0.308. The van der Waals surface area contributed by atoms with E-state index in [0.717, 1.165) is 17.4 Å². The van der Waals surface area contributed by atoms with Crippen molar-refractivity contribution in [2.75, 3.05) is 0 Å². The van der Waals surface area contributed by atoms with Crippen LogP contribution in [0.5, 0.6) is 5.75 Å². The third-order valence-corrected chi connectivity index (χ3v) is 2.30. The van der Waals surface area contributed by atoms with Crippen LogP contribution < -0.4 is 4.74 Å². The minimum absolute atomic E-state index is 0.295. The molecule has 0 unspecified atom stereocenters. The molecule has 0 spiro atoms. The summed E-state index contributed by atoms with van der Waals surface area (Å²) in [6, 6.07) is 3.43. The first-order valence-corrected chi connectivity index (χ1v) is 5.15. The predicted octanol–water partition coefficient (Wildman–Crippen LogP) is 2.64. The molecule has 3 nitrogen and oxygen atoms in total. The molecule has 0 heterocycles. The number of esters is 1. The van der Waals surface area contributed by atoms with Gasteiger partial charge in [-0.2, -0.15) is 0 Å². The van der Waals surface area contributed by atoms with Crippen molar-refractivity contribution in [2.45, 2.75) is 26.7 Å². The van der Waals surface area contributed by atoms with E-state index in [1.54, 1.807) is 19.1 Å². The van der Waals surface area contributed by atoms with Crippen LogP contribution in [0, 0.1) is 20.8 Å². The Balaban J connectivity index is 2.93. The Bertz CT molecular complexity index is 408. The lowest BCUT2D eigenvalue weighted by Gasteiger charge is -2.09. The first-order valence-electron chi connectivity index (χ1n) is 5.15. The van der Waals surface area contributed by atoms with Gasteiger partial charge in [0.2, 0.25) is 0 Å². The number of carbonyl (C=O) groups excluding carboxylic acids is 2. The third kappa shape index (κ3) is 2.92. The Morgan fingerprint density at radius 1 is 1.38 bits per heavy atom. The van der Waals surface area contributed by atoms with Crippen molar-refractivity contribution >= 4 is 12.3 Å². The standard InChI is InChI=1S/C13H15O3/c1-4-5-13(15)16-12-7-9(2)11(8-14)6-10(12)3/h6-8H,1,4-5H2,2-3H3. The van der Waals surface area contributed by atoms with Gasteiger partial charge in [-0.25, -0.2) is 0 Å². The van der Waals surface area contributed by atoms with Gasteiger partial charge in [-0.3, -0.25) is 9.59 Å².